The zero-order valence-electron chi connectivity index (χ0n) is 7.95. The van der Waals surface area contributed by atoms with E-state index in [0.717, 1.165) is 5.56 Å². The minimum Gasteiger partial charge on any atom is -0.496 e. The summed E-state index contributed by atoms with van der Waals surface area (Å²) >= 11 is 0. The molecule has 0 heterocycles. The number of benzene rings is 1. The van der Waals surface area contributed by atoms with E-state index < -0.39 is 0 Å². The Balaban J connectivity index is 3.11. The molecule has 0 aliphatic rings. The van der Waals surface area contributed by atoms with Gasteiger partial charge in [0.1, 0.15) is 11.6 Å². The number of amidine groups is 1. The van der Waals surface area contributed by atoms with Crippen molar-refractivity contribution in [3.05, 3.63) is 35.9 Å². The summed E-state index contributed by atoms with van der Waals surface area (Å²) in [7, 11) is 1.57. The van der Waals surface area contributed by atoms with Crippen molar-refractivity contribution >= 4 is 11.5 Å². The number of para-hydroxylation sites is 1. The minimum absolute atomic E-state index is 0.0755. The van der Waals surface area contributed by atoms with Gasteiger partial charge in [0.15, 0.2) is 0 Å². The van der Waals surface area contributed by atoms with Crippen LogP contribution in [-0.2, 0) is 0 Å². The Morgan fingerprint density at radius 2 is 2.00 bits per heavy atom. The van der Waals surface area contributed by atoms with Gasteiger partial charge in [0.2, 0.25) is 0 Å². The molecule has 1 aromatic rings. The second kappa shape index (κ2) is 4.32. The lowest BCUT2D eigenvalue weighted by Crippen LogP contribution is -2.09. The summed E-state index contributed by atoms with van der Waals surface area (Å²) in [5, 5.41) is 7.08. The smallest absolute Gasteiger partial charge is 0.128 e. The molecule has 0 atom stereocenters. The molecule has 0 aromatic heterocycles. The molecular weight excluding hydrogens is 178 g/mol. The van der Waals surface area contributed by atoms with Crippen molar-refractivity contribution in [1.29, 1.82) is 5.41 Å². The van der Waals surface area contributed by atoms with E-state index in [9.17, 15) is 0 Å². The van der Waals surface area contributed by atoms with E-state index in [-0.39, 0.29) is 5.84 Å². The average molecular weight is 191 g/mol. The molecule has 0 aliphatic heterocycles. The molecule has 0 amide bonds. The average Bonchev–Trinajstić information content (AvgIpc) is 2.16. The number of rotatable bonds is 3. The lowest BCUT2D eigenvalue weighted by atomic mass is 10.1. The molecule has 4 heteroatoms. The van der Waals surface area contributed by atoms with Gasteiger partial charge in [-0.2, -0.15) is 0 Å². The zero-order chi connectivity index (χ0) is 10.6. The van der Waals surface area contributed by atoms with Crippen molar-refractivity contribution in [2.75, 3.05) is 7.11 Å². The SMILES string of the molecule is COc1ccccc1C(N)=CC(=N)N. The van der Waals surface area contributed by atoms with Crippen LogP contribution in [0.3, 0.4) is 0 Å². The molecule has 4 nitrogen and oxygen atoms in total. The predicted molar refractivity (Wildman–Crippen MR) is 57.1 cm³/mol. The van der Waals surface area contributed by atoms with Crippen LogP contribution in [-0.4, -0.2) is 12.9 Å². The van der Waals surface area contributed by atoms with Gasteiger partial charge in [0.05, 0.1) is 7.11 Å². The molecule has 0 fully saturated rings. The summed E-state index contributed by atoms with van der Waals surface area (Å²) in [5.41, 5.74) is 12.1. The molecule has 0 aliphatic carbocycles. The summed E-state index contributed by atoms with van der Waals surface area (Å²) in [6.45, 7) is 0. The first-order chi connectivity index (χ1) is 6.65. The van der Waals surface area contributed by atoms with Gasteiger partial charge in [0, 0.05) is 17.3 Å². The van der Waals surface area contributed by atoms with E-state index in [1.807, 2.05) is 18.2 Å². The highest BCUT2D eigenvalue weighted by Crippen LogP contribution is 2.21. The molecule has 0 bridgehead atoms. The summed E-state index contributed by atoms with van der Waals surface area (Å²) in [6, 6.07) is 7.31. The van der Waals surface area contributed by atoms with Crippen LogP contribution >= 0.6 is 0 Å². The Bertz CT molecular complexity index is 371. The highest BCUT2D eigenvalue weighted by molar-refractivity contribution is 5.95. The van der Waals surface area contributed by atoms with Crippen LogP contribution in [0.5, 0.6) is 5.75 Å². The maximum Gasteiger partial charge on any atom is 0.128 e. The quantitative estimate of drug-likeness (QED) is 0.490. The first kappa shape index (κ1) is 10.1. The Labute approximate surface area is 82.7 Å². The fraction of sp³-hybridized carbons (Fsp3) is 0.100. The fourth-order valence-corrected chi connectivity index (χ4v) is 1.13. The largest absolute Gasteiger partial charge is 0.496 e. The molecule has 0 spiro atoms. The van der Waals surface area contributed by atoms with Crippen molar-refractivity contribution in [2.24, 2.45) is 11.5 Å². The van der Waals surface area contributed by atoms with E-state index >= 15 is 0 Å². The van der Waals surface area contributed by atoms with E-state index in [2.05, 4.69) is 0 Å². The lowest BCUT2D eigenvalue weighted by Gasteiger charge is -2.07. The third-order valence-electron chi connectivity index (χ3n) is 1.73. The first-order valence-electron chi connectivity index (χ1n) is 4.09. The van der Waals surface area contributed by atoms with Crippen LogP contribution in [0.15, 0.2) is 30.3 Å². The van der Waals surface area contributed by atoms with Crippen molar-refractivity contribution in [1.82, 2.24) is 0 Å². The Morgan fingerprint density at radius 3 is 2.57 bits per heavy atom. The van der Waals surface area contributed by atoms with Gasteiger partial charge in [0.25, 0.3) is 0 Å². The second-order valence-corrected chi connectivity index (χ2v) is 2.76. The lowest BCUT2D eigenvalue weighted by molar-refractivity contribution is 0.413. The minimum atomic E-state index is -0.0755. The number of nitrogens with two attached hydrogens (primary N) is 2. The zero-order valence-corrected chi connectivity index (χ0v) is 7.95. The van der Waals surface area contributed by atoms with Crippen LogP contribution in [0.25, 0.3) is 5.70 Å². The molecule has 5 N–H and O–H groups in total. The molecule has 0 saturated carbocycles. The predicted octanol–water partition coefficient (Wildman–Crippen LogP) is 0.931. The molecule has 0 unspecified atom stereocenters. The van der Waals surface area contributed by atoms with Gasteiger partial charge >= 0.3 is 0 Å². The Kier molecular flexibility index (Phi) is 3.12. The number of hydrogen-bond donors (Lipinski definition) is 3. The van der Waals surface area contributed by atoms with Crippen molar-refractivity contribution in [2.45, 2.75) is 0 Å². The van der Waals surface area contributed by atoms with Crippen LogP contribution in [0.2, 0.25) is 0 Å². The highest BCUT2D eigenvalue weighted by Gasteiger charge is 2.03. The maximum absolute atomic E-state index is 7.08. The topological polar surface area (TPSA) is 85.1 Å². The number of ether oxygens (including phenoxy) is 1. The summed E-state index contributed by atoms with van der Waals surface area (Å²) in [6.07, 6.45) is 1.39. The van der Waals surface area contributed by atoms with E-state index in [1.54, 1.807) is 13.2 Å². The van der Waals surface area contributed by atoms with E-state index in [1.165, 1.54) is 6.08 Å². The van der Waals surface area contributed by atoms with Gasteiger partial charge in [-0.25, -0.2) is 0 Å². The first-order valence-corrected chi connectivity index (χ1v) is 4.09. The molecule has 14 heavy (non-hydrogen) atoms. The monoisotopic (exact) mass is 191 g/mol. The fourth-order valence-electron chi connectivity index (χ4n) is 1.13. The van der Waals surface area contributed by atoms with Crippen LogP contribution in [0.1, 0.15) is 5.56 Å². The summed E-state index contributed by atoms with van der Waals surface area (Å²) < 4.78 is 5.12. The molecular formula is C10H13N3O. The molecule has 1 rings (SSSR count). The van der Waals surface area contributed by atoms with Crippen molar-refractivity contribution in [3.63, 3.8) is 0 Å². The molecule has 1 aromatic carbocycles. The number of hydrogen-bond acceptors (Lipinski definition) is 3. The number of methoxy groups -OCH3 is 1. The van der Waals surface area contributed by atoms with E-state index in [0.29, 0.717) is 11.4 Å². The number of nitrogens with one attached hydrogen (secondary N) is 1. The molecule has 0 radical (unpaired) electrons. The third kappa shape index (κ3) is 2.26. The maximum atomic E-state index is 7.08. The Hall–Kier alpha value is -1.97. The summed E-state index contributed by atoms with van der Waals surface area (Å²) in [5.74, 6) is 0.593. The Morgan fingerprint density at radius 1 is 1.36 bits per heavy atom. The van der Waals surface area contributed by atoms with E-state index in [4.69, 9.17) is 21.6 Å². The van der Waals surface area contributed by atoms with Crippen LogP contribution in [0, 0.1) is 5.41 Å². The van der Waals surface area contributed by atoms with Crippen molar-refractivity contribution in [3.8, 4) is 5.75 Å². The molecule has 0 saturated heterocycles. The summed E-state index contributed by atoms with van der Waals surface area (Å²) in [4.78, 5) is 0. The van der Waals surface area contributed by atoms with Crippen molar-refractivity contribution < 1.29 is 4.74 Å². The van der Waals surface area contributed by atoms with Gasteiger partial charge in [-0.1, -0.05) is 12.1 Å². The van der Waals surface area contributed by atoms with Gasteiger partial charge < -0.3 is 16.2 Å². The van der Waals surface area contributed by atoms with Crippen LogP contribution in [0.4, 0.5) is 0 Å². The third-order valence-corrected chi connectivity index (χ3v) is 1.73. The van der Waals surface area contributed by atoms with Gasteiger partial charge in [-0.15, -0.1) is 0 Å². The van der Waals surface area contributed by atoms with Gasteiger partial charge in [-0.05, 0) is 12.1 Å². The standard InChI is InChI=1S/C10H13N3O/c1-14-9-5-3-2-4-7(9)8(11)6-10(12)13/h2-6H,11H2,1H3,(H3,12,13). The highest BCUT2D eigenvalue weighted by atomic mass is 16.5. The molecule has 74 valence electrons. The second-order valence-electron chi connectivity index (χ2n) is 2.76. The normalized spacial score (nSPS) is 11.1. The van der Waals surface area contributed by atoms with Gasteiger partial charge in [-0.3, -0.25) is 5.41 Å². The van der Waals surface area contributed by atoms with Crippen LogP contribution < -0.4 is 16.2 Å².